The summed E-state index contributed by atoms with van der Waals surface area (Å²) in [4.78, 5) is 0. The van der Waals surface area contributed by atoms with E-state index in [0.29, 0.717) is 15.5 Å². The smallest absolute Gasteiger partial charge is 0.0150 e. The van der Waals surface area contributed by atoms with Gasteiger partial charge in [0.2, 0.25) is 0 Å². The molecule has 0 amide bonds. The molecule has 0 rings (SSSR count). The monoisotopic (exact) mass is 635 g/mol. The quantitative estimate of drug-likeness (QED) is 0.0545. The zero-order valence-corrected chi connectivity index (χ0v) is 33.1. The van der Waals surface area contributed by atoms with E-state index in [0.717, 1.165) is 0 Å². The zero-order valence-electron chi connectivity index (χ0n) is 28.8. The molecule has 0 bridgehead atoms. The van der Waals surface area contributed by atoms with Crippen LogP contribution in [0.4, 0.5) is 0 Å². The Labute approximate surface area is 264 Å². The van der Waals surface area contributed by atoms with Crippen LogP contribution in [0.1, 0.15) is 196 Å². The third-order valence-electron chi connectivity index (χ3n) is 9.43. The summed E-state index contributed by atoms with van der Waals surface area (Å²) in [5.41, 5.74) is 0. The highest BCUT2D eigenvalue weighted by Gasteiger charge is 2.24. The molecule has 0 N–H and O–H groups in total. The van der Waals surface area contributed by atoms with Crippen molar-refractivity contribution in [1.29, 1.82) is 0 Å². The first-order valence-electron chi connectivity index (χ1n) is 18.2. The highest BCUT2D eigenvalue weighted by Crippen LogP contribution is 2.42. The maximum atomic E-state index is 3.27. The van der Waals surface area contributed by atoms with Gasteiger partial charge in [0.1, 0.15) is 0 Å². The van der Waals surface area contributed by atoms with Gasteiger partial charge in [-0.3, -0.25) is 0 Å². The van der Waals surface area contributed by atoms with Gasteiger partial charge in [-0.1, -0.05) is 119 Å². The van der Waals surface area contributed by atoms with Gasteiger partial charge in [-0.05, 0) is 111 Å². The summed E-state index contributed by atoms with van der Waals surface area (Å²) in [6, 6.07) is 0. The van der Waals surface area contributed by atoms with Gasteiger partial charge in [0, 0.05) is 0 Å². The Kier molecular flexibility index (Phi) is 27.1. The molecule has 0 spiro atoms. The molecule has 0 aliphatic heterocycles. The fourth-order valence-electron chi connectivity index (χ4n) is 7.42. The first kappa shape index (κ1) is 41.7. The summed E-state index contributed by atoms with van der Waals surface area (Å²) in [6.07, 6.45) is 38.5. The number of hydrogen-bond donors (Lipinski definition) is 0. The van der Waals surface area contributed by atoms with E-state index in [9.17, 15) is 0 Å². The van der Waals surface area contributed by atoms with Crippen molar-refractivity contribution in [1.82, 2.24) is 0 Å². The highest BCUT2D eigenvalue weighted by molar-refractivity contribution is 7.57. The summed E-state index contributed by atoms with van der Waals surface area (Å²) < 4.78 is 0. The van der Waals surface area contributed by atoms with E-state index >= 15 is 0 Å². The minimum absolute atomic E-state index is 0.249. The van der Waals surface area contributed by atoms with E-state index < -0.39 is 0 Å². The highest BCUT2D eigenvalue weighted by atomic mass is 31.1. The van der Waals surface area contributed by atoms with Crippen molar-refractivity contribution >= 4 is 35.6 Å². The van der Waals surface area contributed by atoms with Crippen LogP contribution in [0.25, 0.3) is 0 Å². The lowest BCUT2D eigenvalue weighted by molar-refractivity contribution is 0.436. The molecule has 40 heavy (non-hydrogen) atoms. The predicted octanol–water partition coefficient (Wildman–Crippen LogP) is 13.8. The third-order valence-corrected chi connectivity index (χ3v) is 14.9. The van der Waals surface area contributed by atoms with Crippen LogP contribution in [0.2, 0.25) is 0 Å². The Hall–Kier alpha value is 1.72. The van der Waals surface area contributed by atoms with Crippen molar-refractivity contribution in [3.05, 3.63) is 0 Å². The average molecular weight is 635 g/mol. The van der Waals surface area contributed by atoms with Crippen LogP contribution in [0, 0.1) is 0 Å². The van der Waals surface area contributed by atoms with Gasteiger partial charge < -0.3 is 0 Å². The molecule has 0 aromatic rings. The van der Waals surface area contributed by atoms with Crippen LogP contribution >= 0.6 is 35.6 Å². The fraction of sp³-hybridized carbons (Fsp3) is 1.00. The van der Waals surface area contributed by atoms with Gasteiger partial charge in [0.05, 0.1) is 0 Å². The van der Waals surface area contributed by atoms with E-state index in [2.05, 4.69) is 69.3 Å². The van der Waals surface area contributed by atoms with Crippen LogP contribution in [0.15, 0.2) is 0 Å². The van der Waals surface area contributed by atoms with Crippen molar-refractivity contribution in [2.45, 2.75) is 211 Å². The van der Waals surface area contributed by atoms with Gasteiger partial charge in [0.15, 0.2) is 0 Å². The fourth-order valence-corrected chi connectivity index (χ4v) is 12.4. The Morgan fingerprint density at radius 2 is 0.550 bits per heavy atom. The molecule has 0 aromatic carbocycles. The van der Waals surface area contributed by atoms with Crippen LogP contribution in [-0.4, -0.2) is 34.0 Å². The molecule has 0 heterocycles. The summed E-state index contributed by atoms with van der Waals surface area (Å²) in [7, 11) is 10.1. The Morgan fingerprint density at radius 3 is 0.750 bits per heavy atom. The van der Waals surface area contributed by atoms with Crippen LogP contribution in [0.5, 0.6) is 0 Å². The molecule has 3 atom stereocenters. The van der Waals surface area contributed by atoms with E-state index in [1.807, 2.05) is 0 Å². The lowest BCUT2D eigenvalue weighted by Gasteiger charge is -2.29. The normalized spacial score (nSPS) is 13.1. The molecule has 0 saturated heterocycles. The standard InChI is InChI=1S/C36H78P4/c1-7-22-34(37,23-8-2)28-16-13-19-31-40(32-20-14-17-29-35(38,24-9-3)25-10-4)33-21-15-18-30-36(39,26-11-5)27-12-6/h7-33,37-39H2,1-6H3. The van der Waals surface area contributed by atoms with Crippen LogP contribution in [0.3, 0.4) is 0 Å². The molecule has 0 nitrogen and oxygen atoms in total. The van der Waals surface area contributed by atoms with Crippen LogP contribution < -0.4 is 0 Å². The molecule has 0 saturated carbocycles. The summed E-state index contributed by atoms with van der Waals surface area (Å²) >= 11 is 0. The molecule has 3 unspecified atom stereocenters. The maximum Gasteiger partial charge on any atom is -0.0150 e. The van der Waals surface area contributed by atoms with E-state index in [1.165, 1.54) is 154 Å². The molecule has 0 aliphatic carbocycles. The van der Waals surface area contributed by atoms with Gasteiger partial charge in [-0.15, -0.1) is 35.6 Å². The van der Waals surface area contributed by atoms with E-state index in [1.54, 1.807) is 18.5 Å². The van der Waals surface area contributed by atoms with Crippen molar-refractivity contribution in [3.8, 4) is 0 Å². The molecule has 242 valence electrons. The molecule has 0 radical (unpaired) electrons. The lowest BCUT2D eigenvalue weighted by Crippen LogP contribution is -2.20. The molecule has 0 fully saturated rings. The molecule has 0 aliphatic rings. The summed E-state index contributed by atoms with van der Waals surface area (Å²) in [5.74, 6) is 0. The van der Waals surface area contributed by atoms with Crippen molar-refractivity contribution < 1.29 is 0 Å². The largest absolute Gasteiger partial charge is 0.131 e. The Bertz CT molecular complexity index is 455. The lowest BCUT2D eigenvalue weighted by atomic mass is 9.91. The second-order valence-electron chi connectivity index (χ2n) is 13.9. The van der Waals surface area contributed by atoms with Crippen molar-refractivity contribution in [2.75, 3.05) is 18.5 Å². The van der Waals surface area contributed by atoms with Gasteiger partial charge in [-0.25, -0.2) is 0 Å². The van der Waals surface area contributed by atoms with Gasteiger partial charge >= 0.3 is 0 Å². The molecular formula is C36H78P4. The second kappa shape index (κ2) is 26.0. The Balaban J connectivity index is 4.67. The SMILES string of the molecule is CCCC(P)(CCC)CCCCCP(CCCCCC(P)(CCC)CCC)CCCCCC(P)(CCC)CCC. The van der Waals surface area contributed by atoms with E-state index in [4.69, 9.17) is 0 Å². The second-order valence-corrected chi connectivity index (χ2v) is 20.2. The molecule has 4 heteroatoms. The first-order valence-corrected chi connectivity index (χ1v) is 21.9. The topological polar surface area (TPSA) is 0 Å². The number of hydrogen-bond acceptors (Lipinski definition) is 0. The third kappa shape index (κ3) is 21.4. The van der Waals surface area contributed by atoms with Gasteiger partial charge in [-0.2, -0.15) is 0 Å². The summed E-state index contributed by atoms with van der Waals surface area (Å²) in [5, 5.41) is 1.58. The minimum Gasteiger partial charge on any atom is -0.131 e. The first-order chi connectivity index (χ1) is 19.1. The molecule has 0 aromatic heterocycles. The van der Waals surface area contributed by atoms with Crippen LogP contribution in [-0.2, 0) is 0 Å². The predicted molar refractivity (Wildman–Crippen MR) is 204 cm³/mol. The zero-order chi connectivity index (χ0) is 30.2. The van der Waals surface area contributed by atoms with E-state index in [-0.39, 0.29) is 7.92 Å². The number of rotatable bonds is 30. The van der Waals surface area contributed by atoms with Gasteiger partial charge in [0.25, 0.3) is 0 Å². The average Bonchev–Trinajstić information content (AvgIpc) is 2.88. The Morgan fingerprint density at radius 1 is 0.325 bits per heavy atom. The maximum absolute atomic E-state index is 3.27. The number of unbranched alkanes of at least 4 members (excludes halogenated alkanes) is 6. The van der Waals surface area contributed by atoms with Crippen molar-refractivity contribution in [3.63, 3.8) is 0 Å². The summed E-state index contributed by atoms with van der Waals surface area (Å²) in [6.45, 7) is 14.2. The van der Waals surface area contributed by atoms with Crippen molar-refractivity contribution in [2.24, 2.45) is 0 Å². The minimum atomic E-state index is 0.249. The molecular weight excluding hydrogens is 556 g/mol.